The van der Waals surface area contributed by atoms with E-state index in [1.807, 2.05) is 26.0 Å². The summed E-state index contributed by atoms with van der Waals surface area (Å²) in [5.74, 6) is -0.378. The molecule has 0 aliphatic carbocycles. The number of nitrogens with two attached hydrogens (primary N) is 1. The first-order chi connectivity index (χ1) is 14.4. The Kier molecular flexibility index (Phi) is 9.72. The van der Waals surface area contributed by atoms with E-state index in [4.69, 9.17) is 15.9 Å². The molecular formula is C21H34N6O3. The second-order valence-electron chi connectivity index (χ2n) is 7.75. The van der Waals surface area contributed by atoms with Gasteiger partial charge < -0.3 is 26.4 Å². The topological polar surface area (TPSA) is 133 Å². The van der Waals surface area contributed by atoms with Gasteiger partial charge in [0.15, 0.2) is 0 Å². The number of amidine groups is 1. The van der Waals surface area contributed by atoms with Crippen LogP contribution < -0.4 is 21.7 Å². The van der Waals surface area contributed by atoms with Gasteiger partial charge in [-0.25, -0.2) is 0 Å². The zero-order valence-corrected chi connectivity index (χ0v) is 17.9. The van der Waals surface area contributed by atoms with Gasteiger partial charge in [-0.3, -0.25) is 19.9 Å². The molecule has 30 heavy (non-hydrogen) atoms. The summed E-state index contributed by atoms with van der Waals surface area (Å²) in [5, 5.41) is 16.2. The molecule has 0 saturated carbocycles. The van der Waals surface area contributed by atoms with E-state index in [-0.39, 0.29) is 30.1 Å². The van der Waals surface area contributed by atoms with Crippen molar-refractivity contribution in [3.8, 4) is 0 Å². The molecule has 6 N–H and O–H groups in total. The average molecular weight is 419 g/mol. The maximum Gasteiger partial charge on any atom is 0.242 e. The van der Waals surface area contributed by atoms with E-state index < -0.39 is 6.04 Å². The number of carbonyl (C=O) groups is 2. The molecule has 1 aliphatic rings. The molecule has 1 unspecified atom stereocenters. The van der Waals surface area contributed by atoms with E-state index in [9.17, 15) is 9.59 Å². The summed E-state index contributed by atoms with van der Waals surface area (Å²) < 4.78 is 5.32. The molecule has 1 fully saturated rings. The Hall–Kier alpha value is -2.49. The standard InChI is InChI=1S/C21H34N6O3/c1-15(2)19(21(29)25-7-8-27-9-11-30-12-10-27)26-18(28)14-24-13-16-3-5-17(6-4-16)20(22)23/h3-6,15,19,24H,7-14H2,1-2H3,(H3,22,23)(H,25,29)(H,26,28). The third-order valence-corrected chi connectivity index (χ3v) is 4.98. The number of ether oxygens (including phenoxy) is 1. The van der Waals surface area contributed by atoms with Crippen LogP contribution in [0.5, 0.6) is 0 Å². The zero-order valence-electron chi connectivity index (χ0n) is 17.9. The lowest BCUT2D eigenvalue weighted by Gasteiger charge is -2.27. The molecule has 2 amide bonds. The van der Waals surface area contributed by atoms with Crippen LogP contribution in [-0.4, -0.2) is 74.5 Å². The second kappa shape index (κ2) is 12.3. The van der Waals surface area contributed by atoms with E-state index in [1.165, 1.54) is 0 Å². The molecule has 1 aromatic rings. The van der Waals surface area contributed by atoms with E-state index in [2.05, 4.69) is 20.9 Å². The number of amides is 2. The van der Waals surface area contributed by atoms with Crippen molar-refractivity contribution in [3.05, 3.63) is 35.4 Å². The Morgan fingerprint density at radius 3 is 2.47 bits per heavy atom. The highest BCUT2D eigenvalue weighted by molar-refractivity contribution is 5.94. The lowest BCUT2D eigenvalue weighted by Crippen LogP contribution is -2.52. The van der Waals surface area contributed by atoms with Crippen LogP contribution in [0.25, 0.3) is 0 Å². The summed E-state index contributed by atoms with van der Waals surface area (Å²) in [6, 6.07) is 6.70. The number of nitrogen functional groups attached to an aromatic ring is 1. The molecule has 9 nitrogen and oxygen atoms in total. The number of nitrogens with one attached hydrogen (secondary N) is 4. The Bertz CT molecular complexity index is 701. The van der Waals surface area contributed by atoms with Gasteiger partial charge in [-0.15, -0.1) is 0 Å². The van der Waals surface area contributed by atoms with Gasteiger partial charge in [-0.05, 0) is 11.5 Å². The van der Waals surface area contributed by atoms with Crippen molar-refractivity contribution in [2.75, 3.05) is 45.9 Å². The summed E-state index contributed by atoms with van der Waals surface area (Å²) >= 11 is 0. The molecule has 9 heteroatoms. The van der Waals surface area contributed by atoms with Gasteiger partial charge in [0.25, 0.3) is 0 Å². The molecule has 0 bridgehead atoms. The SMILES string of the molecule is CC(C)C(NC(=O)CNCc1ccc(C(=N)N)cc1)C(=O)NCCN1CCOCC1. The summed E-state index contributed by atoms with van der Waals surface area (Å²) in [5.41, 5.74) is 7.09. The smallest absolute Gasteiger partial charge is 0.242 e. The van der Waals surface area contributed by atoms with E-state index >= 15 is 0 Å². The maximum absolute atomic E-state index is 12.5. The van der Waals surface area contributed by atoms with E-state index in [0.717, 1.165) is 38.4 Å². The van der Waals surface area contributed by atoms with Gasteiger partial charge >= 0.3 is 0 Å². The largest absolute Gasteiger partial charge is 0.384 e. The maximum atomic E-state index is 12.5. The Balaban J connectivity index is 1.71. The van der Waals surface area contributed by atoms with Crippen LogP contribution in [0.15, 0.2) is 24.3 Å². The number of carbonyl (C=O) groups excluding carboxylic acids is 2. The third-order valence-electron chi connectivity index (χ3n) is 4.98. The van der Waals surface area contributed by atoms with Crippen molar-refractivity contribution >= 4 is 17.6 Å². The fourth-order valence-electron chi connectivity index (χ4n) is 3.15. The monoisotopic (exact) mass is 418 g/mol. The Labute approximate surface area is 178 Å². The molecule has 1 heterocycles. The average Bonchev–Trinajstić information content (AvgIpc) is 2.73. The number of nitrogens with zero attached hydrogens (tertiary/aromatic N) is 1. The summed E-state index contributed by atoms with van der Waals surface area (Å²) in [6.07, 6.45) is 0. The minimum absolute atomic E-state index is 0.0172. The van der Waals surface area contributed by atoms with Crippen LogP contribution in [0.2, 0.25) is 0 Å². The van der Waals surface area contributed by atoms with Gasteiger partial charge in [0, 0.05) is 38.3 Å². The third kappa shape index (κ3) is 8.10. The first-order valence-corrected chi connectivity index (χ1v) is 10.4. The van der Waals surface area contributed by atoms with Gasteiger partial charge in [-0.1, -0.05) is 38.1 Å². The molecule has 2 rings (SSSR count). The first-order valence-electron chi connectivity index (χ1n) is 10.4. The van der Waals surface area contributed by atoms with Gasteiger partial charge in [-0.2, -0.15) is 0 Å². The van der Waals surface area contributed by atoms with Crippen LogP contribution in [0, 0.1) is 11.3 Å². The highest BCUT2D eigenvalue weighted by Crippen LogP contribution is 2.04. The zero-order chi connectivity index (χ0) is 21.9. The second-order valence-corrected chi connectivity index (χ2v) is 7.75. The predicted octanol–water partition coefficient (Wildman–Crippen LogP) is -0.351. The molecule has 1 saturated heterocycles. The quantitative estimate of drug-likeness (QED) is 0.246. The van der Waals surface area contributed by atoms with Crippen molar-refractivity contribution in [1.29, 1.82) is 5.41 Å². The number of benzene rings is 1. The normalized spacial score (nSPS) is 15.6. The fourth-order valence-corrected chi connectivity index (χ4v) is 3.15. The number of hydrogen-bond acceptors (Lipinski definition) is 6. The molecule has 1 aromatic carbocycles. The Morgan fingerprint density at radius 2 is 1.87 bits per heavy atom. The van der Waals surface area contributed by atoms with Crippen LogP contribution in [0.4, 0.5) is 0 Å². The van der Waals surface area contributed by atoms with Gasteiger partial charge in [0.05, 0.1) is 19.8 Å². The van der Waals surface area contributed by atoms with Crippen molar-refractivity contribution < 1.29 is 14.3 Å². The summed E-state index contributed by atoms with van der Waals surface area (Å²) in [7, 11) is 0. The minimum Gasteiger partial charge on any atom is -0.384 e. The molecule has 166 valence electrons. The summed E-state index contributed by atoms with van der Waals surface area (Å²) in [4.78, 5) is 27.1. The van der Waals surface area contributed by atoms with E-state index in [0.29, 0.717) is 18.7 Å². The lowest BCUT2D eigenvalue weighted by atomic mass is 10.0. The molecule has 0 spiro atoms. The fraction of sp³-hybridized carbons (Fsp3) is 0.571. The van der Waals surface area contributed by atoms with Crippen LogP contribution in [-0.2, 0) is 20.9 Å². The van der Waals surface area contributed by atoms with Crippen molar-refractivity contribution in [1.82, 2.24) is 20.9 Å². The molecule has 0 radical (unpaired) electrons. The van der Waals surface area contributed by atoms with Crippen molar-refractivity contribution in [2.24, 2.45) is 11.7 Å². The first kappa shape index (κ1) is 23.8. The van der Waals surface area contributed by atoms with Crippen LogP contribution in [0.3, 0.4) is 0 Å². The molecule has 1 aliphatic heterocycles. The summed E-state index contributed by atoms with van der Waals surface area (Å²) in [6.45, 7) is 8.98. The Morgan fingerprint density at radius 1 is 1.20 bits per heavy atom. The highest BCUT2D eigenvalue weighted by atomic mass is 16.5. The molecular weight excluding hydrogens is 384 g/mol. The lowest BCUT2D eigenvalue weighted by molar-refractivity contribution is -0.129. The highest BCUT2D eigenvalue weighted by Gasteiger charge is 2.24. The number of morpholine rings is 1. The number of rotatable bonds is 11. The number of hydrogen-bond donors (Lipinski definition) is 5. The van der Waals surface area contributed by atoms with Crippen LogP contribution >= 0.6 is 0 Å². The van der Waals surface area contributed by atoms with Gasteiger partial charge in [0.1, 0.15) is 11.9 Å². The molecule has 0 aromatic heterocycles. The van der Waals surface area contributed by atoms with Crippen molar-refractivity contribution in [2.45, 2.75) is 26.4 Å². The molecule has 1 atom stereocenters. The van der Waals surface area contributed by atoms with E-state index in [1.54, 1.807) is 12.1 Å². The van der Waals surface area contributed by atoms with Crippen molar-refractivity contribution in [3.63, 3.8) is 0 Å². The predicted molar refractivity (Wildman–Crippen MR) is 116 cm³/mol. The van der Waals surface area contributed by atoms with Crippen LogP contribution in [0.1, 0.15) is 25.0 Å². The minimum atomic E-state index is -0.571. The van der Waals surface area contributed by atoms with Gasteiger partial charge in [0.2, 0.25) is 11.8 Å².